The summed E-state index contributed by atoms with van der Waals surface area (Å²) < 4.78 is 38.2. The van der Waals surface area contributed by atoms with E-state index in [1.54, 1.807) is 0 Å². The lowest BCUT2D eigenvalue weighted by Crippen LogP contribution is -2.66. The average molecular weight is 334 g/mol. The zero-order valence-electron chi connectivity index (χ0n) is 12.9. The van der Waals surface area contributed by atoms with E-state index in [2.05, 4.69) is 15.0 Å². The zero-order chi connectivity index (χ0) is 16.6. The Kier molecular flexibility index (Phi) is 3.76. The molecular weight excluding hydrogens is 318 g/mol. The highest BCUT2D eigenvalue weighted by Crippen LogP contribution is 2.37. The molecule has 1 atom stereocenters. The molecule has 0 N–H and O–H groups in total. The Morgan fingerprint density at radius 1 is 1.21 bits per heavy atom. The van der Waals surface area contributed by atoms with Crippen LogP contribution in [0.25, 0.3) is 0 Å². The van der Waals surface area contributed by atoms with Crippen molar-refractivity contribution in [2.45, 2.75) is 24.5 Å². The summed E-state index contributed by atoms with van der Waals surface area (Å²) in [5.74, 6) is -0.427. The quantitative estimate of drug-likeness (QED) is 0.855. The molecule has 0 aromatic carbocycles. The van der Waals surface area contributed by atoms with Gasteiger partial charge in [-0.05, 0) is 12.1 Å². The molecule has 0 bridgehead atoms. The summed E-state index contributed by atoms with van der Waals surface area (Å²) in [5, 5.41) is 0. The second kappa shape index (κ2) is 5.94. The van der Waals surface area contributed by atoms with Gasteiger partial charge in [0, 0.05) is 19.0 Å². The van der Waals surface area contributed by atoms with Crippen molar-refractivity contribution in [2.75, 3.05) is 24.6 Å². The number of halogens is 2. The van der Waals surface area contributed by atoms with Gasteiger partial charge >= 0.3 is 0 Å². The molecular formula is C16H16F2N4O2. The summed E-state index contributed by atoms with van der Waals surface area (Å²) >= 11 is 0. The van der Waals surface area contributed by atoms with E-state index in [1.807, 2.05) is 4.90 Å². The normalized spacial score (nSPS) is 22.2. The van der Waals surface area contributed by atoms with Crippen molar-refractivity contribution in [3.05, 3.63) is 42.4 Å². The van der Waals surface area contributed by atoms with E-state index in [9.17, 15) is 8.78 Å². The highest BCUT2D eigenvalue weighted by Gasteiger charge is 2.49. The number of rotatable bonds is 3. The molecule has 2 saturated heterocycles. The number of hydrogen-bond acceptors (Lipinski definition) is 6. The fourth-order valence-corrected chi connectivity index (χ4v) is 3.18. The van der Waals surface area contributed by atoms with Crippen LogP contribution in [0.3, 0.4) is 0 Å². The van der Waals surface area contributed by atoms with Gasteiger partial charge in [0.25, 0.3) is 5.88 Å². The van der Waals surface area contributed by atoms with Crippen LogP contribution in [0.1, 0.15) is 12.8 Å². The maximum atomic E-state index is 13.7. The van der Waals surface area contributed by atoms with Crippen LogP contribution in [0.5, 0.6) is 5.88 Å². The number of pyridine rings is 1. The van der Waals surface area contributed by atoms with Crippen LogP contribution < -0.4 is 9.64 Å². The van der Waals surface area contributed by atoms with Gasteiger partial charge in [-0.1, -0.05) is 0 Å². The topological polar surface area (TPSA) is 60.4 Å². The van der Waals surface area contributed by atoms with Gasteiger partial charge in [0.2, 0.25) is 5.95 Å². The molecule has 1 spiro atoms. The molecule has 2 aliphatic rings. The van der Waals surface area contributed by atoms with Crippen LogP contribution in [-0.2, 0) is 4.74 Å². The molecule has 8 heteroatoms. The van der Waals surface area contributed by atoms with Crippen molar-refractivity contribution in [3.63, 3.8) is 0 Å². The minimum Gasteiger partial charge on any atom is -0.472 e. The Morgan fingerprint density at radius 3 is 2.75 bits per heavy atom. The zero-order valence-corrected chi connectivity index (χ0v) is 12.9. The minimum absolute atomic E-state index is 0.0256. The maximum Gasteiger partial charge on any atom is 0.250 e. The number of aromatic nitrogens is 3. The highest BCUT2D eigenvalue weighted by atomic mass is 19.1. The lowest BCUT2D eigenvalue weighted by molar-refractivity contribution is -0.127. The molecule has 2 aliphatic heterocycles. The van der Waals surface area contributed by atoms with E-state index in [-0.39, 0.29) is 17.6 Å². The molecule has 2 aromatic heterocycles. The third kappa shape index (κ3) is 2.89. The molecule has 24 heavy (non-hydrogen) atoms. The number of hydrogen-bond donors (Lipinski definition) is 0. The fraction of sp³-hybridized carbons (Fsp3) is 0.438. The van der Waals surface area contributed by atoms with Crippen LogP contribution >= 0.6 is 0 Å². The van der Waals surface area contributed by atoms with Crippen molar-refractivity contribution < 1.29 is 18.3 Å². The molecule has 4 rings (SSSR count). The molecule has 0 saturated carbocycles. The SMILES string of the molecule is Fc1cnc(N2CC3(C[C@@H](Oc4ncccc4F)CCO3)C2)nc1. The van der Waals surface area contributed by atoms with Gasteiger partial charge in [-0.25, -0.2) is 23.7 Å². The van der Waals surface area contributed by atoms with Crippen molar-refractivity contribution >= 4 is 5.95 Å². The van der Waals surface area contributed by atoms with Crippen molar-refractivity contribution in [3.8, 4) is 5.88 Å². The van der Waals surface area contributed by atoms with E-state index in [4.69, 9.17) is 9.47 Å². The third-order valence-corrected chi connectivity index (χ3v) is 4.30. The summed E-state index contributed by atoms with van der Waals surface area (Å²) in [4.78, 5) is 13.8. The maximum absolute atomic E-state index is 13.7. The number of ether oxygens (including phenoxy) is 2. The lowest BCUT2D eigenvalue weighted by atomic mass is 9.85. The van der Waals surface area contributed by atoms with E-state index < -0.39 is 11.6 Å². The number of anilines is 1. The van der Waals surface area contributed by atoms with Crippen molar-refractivity contribution in [1.82, 2.24) is 15.0 Å². The van der Waals surface area contributed by atoms with Crippen molar-refractivity contribution in [1.29, 1.82) is 0 Å². The smallest absolute Gasteiger partial charge is 0.250 e. The summed E-state index contributed by atoms with van der Waals surface area (Å²) in [6.07, 6.45) is 4.96. The van der Waals surface area contributed by atoms with Crippen LogP contribution in [0.4, 0.5) is 14.7 Å². The number of nitrogens with zero attached hydrogens (tertiary/aromatic N) is 4. The molecule has 2 aromatic rings. The Balaban J connectivity index is 1.39. The first-order valence-corrected chi connectivity index (χ1v) is 7.77. The van der Waals surface area contributed by atoms with Crippen LogP contribution in [0, 0.1) is 11.6 Å². The van der Waals surface area contributed by atoms with Gasteiger partial charge in [0.15, 0.2) is 11.6 Å². The Hall–Kier alpha value is -2.35. The van der Waals surface area contributed by atoms with Gasteiger partial charge in [0.05, 0.1) is 32.1 Å². The predicted molar refractivity (Wildman–Crippen MR) is 80.7 cm³/mol. The second-order valence-corrected chi connectivity index (χ2v) is 6.11. The van der Waals surface area contributed by atoms with E-state index >= 15 is 0 Å². The first kappa shape index (κ1) is 15.2. The standard InChI is InChI=1S/C16H16F2N4O2/c17-11-7-20-15(21-8-11)22-9-16(10-22)6-12(3-5-23-16)24-14-13(18)2-1-4-19-14/h1-2,4,7-8,12H,3,5-6,9-10H2/t12-/m0/s1. The highest BCUT2D eigenvalue weighted by molar-refractivity contribution is 5.37. The van der Waals surface area contributed by atoms with E-state index in [1.165, 1.54) is 18.3 Å². The molecule has 0 unspecified atom stereocenters. The molecule has 2 fully saturated rings. The van der Waals surface area contributed by atoms with Crippen LogP contribution in [0.2, 0.25) is 0 Å². The average Bonchev–Trinajstić information content (AvgIpc) is 2.56. The van der Waals surface area contributed by atoms with Crippen molar-refractivity contribution in [2.24, 2.45) is 0 Å². The molecule has 0 amide bonds. The van der Waals surface area contributed by atoms with Gasteiger partial charge in [0.1, 0.15) is 11.7 Å². The lowest BCUT2D eigenvalue weighted by Gasteiger charge is -2.52. The second-order valence-electron chi connectivity index (χ2n) is 6.11. The van der Waals surface area contributed by atoms with Gasteiger partial charge in [-0.3, -0.25) is 0 Å². The predicted octanol–water partition coefficient (Wildman–Crippen LogP) is 1.97. The monoisotopic (exact) mass is 334 g/mol. The minimum atomic E-state index is -0.465. The molecule has 0 aliphatic carbocycles. The third-order valence-electron chi connectivity index (χ3n) is 4.30. The first-order chi connectivity index (χ1) is 11.6. The first-order valence-electron chi connectivity index (χ1n) is 7.77. The summed E-state index contributed by atoms with van der Waals surface area (Å²) in [6.45, 7) is 1.74. The van der Waals surface area contributed by atoms with Gasteiger partial charge in [-0.2, -0.15) is 0 Å². The van der Waals surface area contributed by atoms with Crippen LogP contribution in [-0.4, -0.2) is 46.4 Å². The van der Waals surface area contributed by atoms with E-state index in [0.717, 1.165) is 12.4 Å². The van der Waals surface area contributed by atoms with Gasteiger partial charge < -0.3 is 14.4 Å². The Labute approximate surface area is 137 Å². The summed E-state index contributed by atoms with van der Waals surface area (Å²) in [5.41, 5.74) is -0.355. The van der Waals surface area contributed by atoms with Gasteiger partial charge in [-0.15, -0.1) is 0 Å². The molecule has 6 nitrogen and oxygen atoms in total. The molecule has 126 valence electrons. The fourth-order valence-electron chi connectivity index (χ4n) is 3.18. The summed E-state index contributed by atoms with van der Waals surface area (Å²) in [6, 6.07) is 2.86. The molecule has 4 heterocycles. The Morgan fingerprint density at radius 2 is 2.00 bits per heavy atom. The Bertz CT molecular complexity index is 722. The largest absolute Gasteiger partial charge is 0.472 e. The summed E-state index contributed by atoms with van der Waals surface area (Å²) in [7, 11) is 0. The van der Waals surface area contributed by atoms with E-state index in [0.29, 0.717) is 38.5 Å². The molecule has 0 radical (unpaired) electrons. The van der Waals surface area contributed by atoms with Crippen LogP contribution in [0.15, 0.2) is 30.7 Å².